The number of carbonyl (C=O) groups excluding carboxylic acids is 1. The summed E-state index contributed by atoms with van der Waals surface area (Å²) in [4.78, 5) is 25.4. The molecular formula is C17H25NO4. The number of ether oxygens (including phenoxy) is 1. The van der Waals surface area contributed by atoms with Crippen molar-refractivity contribution in [2.75, 3.05) is 20.2 Å². The molecule has 5 heteroatoms. The summed E-state index contributed by atoms with van der Waals surface area (Å²) < 4.78 is 5.26. The highest BCUT2D eigenvalue weighted by Crippen LogP contribution is 2.27. The number of amides is 1. The van der Waals surface area contributed by atoms with E-state index in [2.05, 4.69) is 0 Å². The molecule has 0 aromatic heterocycles. The predicted octanol–water partition coefficient (Wildman–Crippen LogP) is 2.68. The number of aryl methyl sites for hydroxylation is 1. The summed E-state index contributed by atoms with van der Waals surface area (Å²) >= 11 is 0. The van der Waals surface area contributed by atoms with Crippen LogP contribution in [0.15, 0.2) is 18.2 Å². The van der Waals surface area contributed by atoms with Gasteiger partial charge in [-0.1, -0.05) is 19.1 Å². The second-order valence-electron chi connectivity index (χ2n) is 5.09. The van der Waals surface area contributed by atoms with Crippen molar-refractivity contribution in [3.05, 3.63) is 29.3 Å². The van der Waals surface area contributed by atoms with Crippen molar-refractivity contribution in [3.8, 4) is 5.75 Å². The highest BCUT2D eigenvalue weighted by Gasteiger charge is 2.25. The van der Waals surface area contributed by atoms with Crippen LogP contribution in [-0.2, 0) is 16.0 Å². The number of nitrogens with zero attached hydrogens (tertiary/aromatic N) is 1. The summed E-state index contributed by atoms with van der Waals surface area (Å²) in [5, 5.41) is 9.49. The van der Waals surface area contributed by atoms with Crippen LogP contribution < -0.4 is 4.74 Å². The van der Waals surface area contributed by atoms with E-state index in [1.165, 1.54) is 0 Å². The molecule has 0 aliphatic rings. The summed E-state index contributed by atoms with van der Waals surface area (Å²) in [6, 6.07) is 5.32. The number of carboxylic acid groups (broad SMARTS) is 1. The van der Waals surface area contributed by atoms with Crippen LogP contribution in [0.3, 0.4) is 0 Å². The van der Waals surface area contributed by atoms with Gasteiger partial charge in [0.05, 0.1) is 13.0 Å². The second-order valence-corrected chi connectivity index (χ2v) is 5.09. The minimum atomic E-state index is -0.979. The zero-order chi connectivity index (χ0) is 16.7. The number of carboxylic acids is 1. The molecule has 0 bridgehead atoms. The van der Waals surface area contributed by atoms with Gasteiger partial charge in [0, 0.05) is 19.5 Å². The lowest BCUT2D eigenvalue weighted by Gasteiger charge is -2.21. The number of hydrogen-bond acceptors (Lipinski definition) is 3. The van der Waals surface area contributed by atoms with E-state index in [-0.39, 0.29) is 12.3 Å². The Bertz CT molecular complexity index is 523. The standard InChI is InChI=1S/C17H25NO4/c1-5-12-10-13(8-9-15(12)22-4)14(17(20)21)11-16(19)18(6-2)7-3/h8-10,14H,5-7,11H2,1-4H3,(H,20,21). The topological polar surface area (TPSA) is 66.8 Å². The lowest BCUT2D eigenvalue weighted by Crippen LogP contribution is -2.32. The van der Waals surface area contributed by atoms with E-state index in [4.69, 9.17) is 4.74 Å². The van der Waals surface area contributed by atoms with Gasteiger partial charge in [0.25, 0.3) is 0 Å². The maximum Gasteiger partial charge on any atom is 0.311 e. The number of benzene rings is 1. The van der Waals surface area contributed by atoms with E-state index >= 15 is 0 Å². The molecule has 5 nitrogen and oxygen atoms in total. The number of rotatable bonds is 8. The van der Waals surface area contributed by atoms with Crippen molar-refractivity contribution in [3.63, 3.8) is 0 Å². The molecule has 22 heavy (non-hydrogen) atoms. The fourth-order valence-corrected chi connectivity index (χ4v) is 2.52. The molecule has 0 aliphatic heterocycles. The first-order valence-corrected chi connectivity index (χ1v) is 7.65. The van der Waals surface area contributed by atoms with E-state index < -0.39 is 11.9 Å². The Balaban J connectivity index is 3.06. The quantitative estimate of drug-likeness (QED) is 0.802. The SMILES string of the molecule is CCc1cc(C(CC(=O)N(CC)CC)C(=O)O)ccc1OC. The van der Waals surface area contributed by atoms with Crippen LogP contribution in [-0.4, -0.2) is 42.1 Å². The van der Waals surface area contributed by atoms with Gasteiger partial charge < -0.3 is 14.7 Å². The van der Waals surface area contributed by atoms with Crippen LogP contribution in [0.5, 0.6) is 5.75 Å². The average molecular weight is 307 g/mol. The molecule has 1 unspecified atom stereocenters. The van der Waals surface area contributed by atoms with Gasteiger partial charge in [0.15, 0.2) is 0 Å². The molecule has 0 spiro atoms. The van der Waals surface area contributed by atoms with Gasteiger partial charge in [-0.15, -0.1) is 0 Å². The second kappa shape index (κ2) is 8.41. The van der Waals surface area contributed by atoms with Crippen molar-refractivity contribution < 1.29 is 19.4 Å². The molecule has 1 rings (SSSR count). The first-order valence-electron chi connectivity index (χ1n) is 7.65. The van der Waals surface area contributed by atoms with Gasteiger partial charge >= 0.3 is 5.97 Å². The number of hydrogen-bond donors (Lipinski definition) is 1. The van der Waals surface area contributed by atoms with E-state index in [1.807, 2.05) is 26.8 Å². The highest BCUT2D eigenvalue weighted by molar-refractivity contribution is 5.85. The van der Waals surface area contributed by atoms with Gasteiger partial charge in [-0.25, -0.2) is 0 Å². The van der Waals surface area contributed by atoms with Crippen LogP contribution in [0.25, 0.3) is 0 Å². The Kier molecular flexibility index (Phi) is 6.89. The largest absolute Gasteiger partial charge is 0.496 e. The first-order chi connectivity index (χ1) is 10.5. The molecular weight excluding hydrogens is 282 g/mol. The Morgan fingerprint density at radius 3 is 2.32 bits per heavy atom. The number of carbonyl (C=O) groups is 2. The minimum absolute atomic E-state index is 0.0213. The van der Waals surface area contributed by atoms with Crippen molar-refractivity contribution in [2.45, 2.75) is 39.5 Å². The molecule has 1 N–H and O–H groups in total. The third kappa shape index (κ3) is 4.23. The van der Waals surface area contributed by atoms with Crippen molar-refractivity contribution in [2.24, 2.45) is 0 Å². The maximum absolute atomic E-state index is 12.2. The summed E-state index contributed by atoms with van der Waals surface area (Å²) in [6.07, 6.45) is 0.722. The van der Waals surface area contributed by atoms with Crippen LogP contribution >= 0.6 is 0 Å². The fourth-order valence-electron chi connectivity index (χ4n) is 2.52. The third-order valence-electron chi connectivity index (χ3n) is 3.88. The van der Waals surface area contributed by atoms with Crippen LogP contribution in [0.1, 0.15) is 44.2 Å². The molecule has 0 aliphatic carbocycles. The number of aliphatic carboxylic acids is 1. The summed E-state index contributed by atoms with van der Waals surface area (Å²) in [5.41, 5.74) is 1.59. The van der Waals surface area contributed by atoms with Crippen molar-refractivity contribution >= 4 is 11.9 Å². The normalized spacial score (nSPS) is 11.8. The van der Waals surface area contributed by atoms with Gasteiger partial charge in [0.2, 0.25) is 5.91 Å². The van der Waals surface area contributed by atoms with Gasteiger partial charge in [-0.3, -0.25) is 9.59 Å². The Labute approximate surface area is 131 Å². The molecule has 1 aromatic carbocycles. The van der Waals surface area contributed by atoms with E-state index in [1.54, 1.807) is 24.1 Å². The van der Waals surface area contributed by atoms with E-state index in [0.717, 1.165) is 17.7 Å². The molecule has 122 valence electrons. The zero-order valence-corrected chi connectivity index (χ0v) is 13.8. The number of methoxy groups -OCH3 is 1. The van der Waals surface area contributed by atoms with Crippen LogP contribution in [0, 0.1) is 0 Å². The predicted molar refractivity (Wildman–Crippen MR) is 85.3 cm³/mol. The summed E-state index contributed by atoms with van der Waals surface area (Å²) in [6.45, 7) is 6.94. The van der Waals surface area contributed by atoms with E-state index in [9.17, 15) is 14.7 Å². The smallest absolute Gasteiger partial charge is 0.311 e. The molecule has 1 atom stereocenters. The van der Waals surface area contributed by atoms with E-state index in [0.29, 0.717) is 18.7 Å². The Morgan fingerprint density at radius 1 is 1.23 bits per heavy atom. The lowest BCUT2D eigenvalue weighted by molar-refractivity contribution is -0.142. The molecule has 0 saturated heterocycles. The third-order valence-corrected chi connectivity index (χ3v) is 3.88. The molecule has 1 aromatic rings. The van der Waals surface area contributed by atoms with Crippen LogP contribution in [0.2, 0.25) is 0 Å². The van der Waals surface area contributed by atoms with Gasteiger partial charge in [0.1, 0.15) is 5.75 Å². The summed E-state index contributed by atoms with van der Waals surface area (Å²) in [7, 11) is 1.59. The van der Waals surface area contributed by atoms with Crippen molar-refractivity contribution in [1.29, 1.82) is 0 Å². The first kappa shape index (κ1) is 18.0. The van der Waals surface area contributed by atoms with Gasteiger partial charge in [-0.05, 0) is 37.5 Å². The maximum atomic E-state index is 12.2. The van der Waals surface area contributed by atoms with Crippen molar-refractivity contribution in [1.82, 2.24) is 4.90 Å². The molecule has 1 amide bonds. The Hall–Kier alpha value is -2.04. The molecule has 0 heterocycles. The molecule has 0 fully saturated rings. The Morgan fingerprint density at radius 2 is 1.86 bits per heavy atom. The minimum Gasteiger partial charge on any atom is -0.496 e. The summed E-state index contributed by atoms with van der Waals surface area (Å²) in [5.74, 6) is -1.20. The molecule has 0 radical (unpaired) electrons. The lowest BCUT2D eigenvalue weighted by atomic mass is 9.93. The average Bonchev–Trinajstić information content (AvgIpc) is 2.52. The highest BCUT2D eigenvalue weighted by atomic mass is 16.5. The van der Waals surface area contributed by atoms with Gasteiger partial charge in [-0.2, -0.15) is 0 Å². The monoisotopic (exact) mass is 307 g/mol. The zero-order valence-electron chi connectivity index (χ0n) is 13.8. The van der Waals surface area contributed by atoms with Crippen LogP contribution in [0.4, 0.5) is 0 Å². The molecule has 0 saturated carbocycles. The fraction of sp³-hybridized carbons (Fsp3) is 0.529.